The molecule has 2 N–H and O–H groups in total. The maximum atomic E-state index is 12.5. The monoisotopic (exact) mass is 448 g/mol. The van der Waals surface area contributed by atoms with Gasteiger partial charge in [-0.3, -0.25) is 14.4 Å². The van der Waals surface area contributed by atoms with E-state index in [1.54, 1.807) is 48.5 Å². The van der Waals surface area contributed by atoms with Crippen LogP contribution in [0.15, 0.2) is 83.8 Å². The summed E-state index contributed by atoms with van der Waals surface area (Å²) in [6.07, 6.45) is 0. The van der Waals surface area contributed by atoms with Gasteiger partial charge in [0.15, 0.2) is 12.4 Å². The molecule has 0 heterocycles. The van der Waals surface area contributed by atoms with E-state index in [-0.39, 0.29) is 29.5 Å². The van der Waals surface area contributed by atoms with Crippen LogP contribution in [0.4, 0.5) is 11.4 Å². The average Bonchev–Trinajstić information content (AvgIpc) is 2.80. The number of carbonyl (C=O) groups is 3. The van der Waals surface area contributed by atoms with Crippen LogP contribution in [0, 0.1) is 0 Å². The van der Waals surface area contributed by atoms with Gasteiger partial charge < -0.3 is 15.4 Å². The van der Waals surface area contributed by atoms with E-state index in [2.05, 4.69) is 10.6 Å². The van der Waals surface area contributed by atoms with E-state index in [1.807, 2.05) is 37.3 Å². The van der Waals surface area contributed by atoms with Crippen molar-refractivity contribution in [3.05, 3.63) is 84.4 Å². The standard InChI is InChI=1S/C25H24N2O4S/c1-17(28)19-8-10-21(11-9-19)27-25(30)18(2)32-23-14-12-20(13-15-23)26-24(29)16-31-22-6-4-3-5-7-22/h3-15,18H,16H2,1-2H3,(H,26,29)(H,27,30). The van der Waals surface area contributed by atoms with Gasteiger partial charge in [0, 0.05) is 21.8 Å². The Morgan fingerprint density at radius 2 is 1.44 bits per heavy atom. The highest BCUT2D eigenvalue weighted by atomic mass is 32.2. The molecule has 0 fully saturated rings. The van der Waals surface area contributed by atoms with Crippen molar-refractivity contribution < 1.29 is 19.1 Å². The van der Waals surface area contributed by atoms with Gasteiger partial charge in [0.2, 0.25) is 5.91 Å². The zero-order chi connectivity index (χ0) is 22.9. The Labute approximate surface area is 191 Å². The maximum Gasteiger partial charge on any atom is 0.262 e. The molecule has 3 aromatic rings. The number of rotatable bonds is 9. The van der Waals surface area contributed by atoms with Crippen molar-refractivity contribution in [1.82, 2.24) is 0 Å². The number of carbonyl (C=O) groups excluding carboxylic acids is 3. The molecule has 0 spiro atoms. The predicted octanol–water partition coefficient (Wildman–Crippen LogP) is 5.03. The van der Waals surface area contributed by atoms with Gasteiger partial charge in [-0.15, -0.1) is 11.8 Å². The summed E-state index contributed by atoms with van der Waals surface area (Å²) >= 11 is 1.41. The SMILES string of the molecule is CC(=O)c1ccc(NC(=O)C(C)Sc2ccc(NC(=O)COc3ccccc3)cc2)cc1. The third kappa shape index (κ3) is 6.99. The number of ketones is 1. The summed E-state index contributed by atoms with van der Waals surface area (Å²) < 4.78 is 5.43. The molecule has 0 aromatic heterocycles. The van der Waals surface area contributed by atoms with E-state index in [0.29, 0.717) is 22.7 Å². The van der Waals surface area contributed by atoms with Crippen LogP contribution in [0.5, 0.6) is 5.75 Å². The lowest BCUT2D eigenvalue weighted by Crippen LogP contribution is -2.22. The minimum absolute atomic E-state index is 0.0184. The second-order valence-electron chi connectivity index (χ2n) is 7.06. The summed E-state index contributed by atoms with van der Waals surface area (Å²) in [5, 5.41) is 5.30. The first kappa shape index (κ1) is 23.1. The van der Waals surface area contributed by atoms with Crippen LogP contribution in [0.3, 0.4) is 0 Å². The Morgan fingerprint density at radius 3 is 2.06 bits per heavy atom. The summed E-state index contributed by atoms with van der Waals surface area (Å²) in [6, 6.07) is 23.2. The van der Waals surface area contributed by atoms with Gasteiger partial charge in [-0.05, 0) is 74.5 Å². The lowest BCUT2D eigenvalue weighted by molar-refractivity contribution is -0.118. The molecule has 0 bridgehead atoms. The smallest absolute Gasteiger partial charge is 0.262 e. The fourth-order valence-corrected chi connectivity index (χ4v) is 3.64. The van der Waals surface area contributed by atoms with Crippen molar-refractivity contribution in [2.24, 2.45) is 0 Å². The molecular weight excluding hydrogens is 424 g/mol. The summed E-state index contributed by atoms with van der Waals surface area (Å²) in [5.41, 5.74) is 1.89. The Morgan fingerprint density at radius 1 is 0.844 bits per heavy atom. The first-order valence-electron chi connectivity index (χ1n) is 10.1. The third-order valence-corrected chi connectivity index (χ3v) is 5.60. The second-order valence-corrected chi connectivity index (χ2v) is 8.47. The molecule has 0 aliphatic heterocycles. The van der Waals surface area contributed by atoms with Crippen molar-refractivity contribution in [2.45, 2.75) is 24.0 Å². The number of benzene rings is 3. The van der Waals surface area contributed by atoms with Gasteiger partial charge in [0.1, 0.15) is 5.75 Å². The molecule has 1 unspecified atom stereocenters. The van der Waals surface area contributed by atoms with Crippen molar-refractivity contribution in [2.75, 3.05) is 17.2 Å². The number of Topliss-reactive ketones (excluding diaryl/α,β-unsaturated/α-hetero) is 1. The maximum absolute atomic E-state index is 12.5. The summed E-state index contributed by atoms with van der Waals surface area (Å²) in [7, 11) is 0. The fourth-order valence-electron chi connectivity index (χ4n) is 2.77. The second kappa shape index (κ2) is 11.2. The fraction of sp³-hybridized carbons (Fsp3) is 0.160. The van der Waals surface area contributed by atoms with Crippen molar-refractivity contribution in [1.29, 1.82) is 0 Å². The van der Waals surface area contributed by atoms with Crippen molar-refractivity contribution in [3.8, 4) is 5.75 Å². The van der Waals surface area contributed by atoms with E-state index in [1.165, 1.54) is 18.7 Å². The zero-order valence-corrected chi connectivity index (χ0v) is 18.6. The lowest BCUT2D eigenvalue weighted by Gasteiger charge is -2.13. The van der Waals surface area contributed by atoms with Crippen LogP contribution < -0.4 is 15.4 Å². The van der Waals surface area contributed by atoms with E-state index < -0.39 is 0 Å². The van der Waals surface area contributed by atoms with Gasteiger partial charge >= 0.3 is 0 Å². The van der Waals surface area contributed by atoms with Crippen molar-refractivity contribution >= 4 is 40.7 Å². The molecular formula is C25H24N2O4S. The van der Waals surface area contributed by atoms with Gasteiger partial charge in [0.05, 0.1) is 5.25 Å². The zero-order valence-electron chi connectivity index (χ0n) is 17.8. The quantitative estimate of drug-likeness (QED) is 0.354. The van der Waals surface area contributed by atoms with Crippen LogP contribution in [0.1, 0.15) is 24.2 Å². The Balaban J connectivity index is 1.47. The normalized spacial score (nSPS) is 11.3. The molecule has 2 amide bonds. The molecule has 164 valence electrons. The highest BCUT2D eigenvalue weighted by molar-refractivity contribution is 8.00. The van der Waals surface area contributed by atoms with Gasteiger partial charge in [0.25, 0.3) is 5.91 Å². The largest absolute Gasteiger partial charge is 0.484 e. The molecule has 3 rings (SSSR count). The highest BCUT2D eigenvalue weighted by Gasteiger charge is 2.15. The van der Waals surface area contributed by atoms with Crippen LogP contribution in [-0.2, 0) is 9.59 Å². The van der Waals surface area contributed by atoms with Gasteiger partial charge in [-0.2, -0.15) is 0 Å². The molecule has 0 saturated carbocycles. The number of ether oxygens (including phenoxy) is 1. The molecule has 6 nitrogen and oxygen atoms in total. The number of nitrogens with one attached hydrogen (secondary N) is 2. The van der Waals surface area contributed by atoms with Crippen molar-refractivity contribution in [3.63, 3.8) is 0 Å². The molecule has 3 aromatic carbocycles. The molecule has 0 saturated heterocycles. The van der Waals surface area contributed by atoms with Gasteiger partial charge in [-0.1, -0.05) is 18.2 Å². The van der Waals surface area contributed by atoms with E-state index in [9.17, 15) is 14.4 Å². The van der Waals surface area contributed by atoms with Crippen LogP contribution >= 0.6 is 11.8 Å². The first-order chi connectivity index (χ1) is 15.4. The number of para-hydroxylation sites is 1. The Bertz CT molecular complexity index is 1070. The third-order valence-electron chi connectivity index (χ3n) is 4.49. The van der Waals surface area contributed by atoms with Gasteiger partial charge in [-0.25, -0.2) is 0 Å². The molecule has 0 aliphatic rings. The highest BCUT2D eigenvalue weighted by Crippen LogP contribution is 2.26. The minimum atomic E-state index is -0.331. The Kier molecular flexibility index (Phi) is 8.05. The summed E-state index contributed by atoms with van der Waals surface area (Å²) in [5.74, 6) is 0.227. The average molecular weight is 449 g/mol. The summed E-state index contributed by atoms with van der Waals surface area (Å²) in [6.45, 7) is 3.24. The molecule has 32 heavy (non-hydrogen) atoms. The molecule has 0 radical (unpaired) electrons. The van der Waals surface area contributed by atoms with Crippen LogP contribution in [-0.4, -0.2) is 29.5 Å². The lowest BCUT2D eigenvalue weighted by atomic mass is 10.1. The minimum Gasteiger partial charge on any atom is -0.484 e. The van der Waals surface area contributed by atoms with E-state index >= 15 is 0 Å². The number of hydrogen-bond acceptors (Lipinski definition) is 5. The number of thioether (sulfide) groups is 1. The Hall–Kier alpha value is -3.58. The predicted molar refractivity (Wildman–Crippen MR) is 127 cm³/mol. The van der Waals surface area contributed by atoms with E-state index in [0.717, 1.165) is 4.90 Å². The molecule has 0 aliphatic carbocycles. The first-order valence-corrected chi connectivity index (χ1v) is 10.9. The van der Waals surface area contributed by atoms with Crippen LogP contribution in [0.25, 0.3) is 0 Å². The molecule has 1 atom stereocenters. The topological polar surface area (TPSA) is 84.5 Å². The van der Waals surface area contributed by atoms with E-state index in [4.69, 9.17) is 4.74 Å². The number of amides is 2. The number of anilines is 2. The van der Waals surface area contributed by atoms with Crippen LogP contribution in [0.2, 0.25) is 0 Å². The molecule has 7 heteroatoms. The number of hydrogen-bond donors (Lipinski definition) is 2. The summed E-state index contributed by atoms with van der Waals surface area (Å²) in [4.78, 5) is 36.8.